The van der Waals surface area contributed by atoms with E-state index >= 15 is 0 Å². The smallest absolute Gasteiger partial charge is 0.246 e. The number of sulfone groups is 1. The molecule has 3 rings (SSSR count). The summed E-state index contributed by atoms with van der Waals surface area (Å²) >= 11 is 0. The van der Waals surface area contributed by atoms with Crippen LogP contribution in [0.15, 0.2) is 23.1 Å². The molecule has 2 aliphatic rings. The zero-order valence-corrected chi connectivity index (χ0v) is 16.1. The van der Waals surface area contributed by atoms with E-state index in [0.717, 1.165) is 5.56 Å². The minimum atomic E-state index is -3.63. The third kappa shape index (κ3) is 3.84. The van der Waals surface area contributed by atoms with Gasteiger partial charge in [-0.05, 0) is 31.0 Å². The van der Waals surface area contributed by atoms with Crippen molar-refractivity contribution in [3.8, 4) is 5.75 Å². The molecule has 0 amide bonds. The highest BCUT2D eigenvalue weighted by molar-refractivity contribution is 7.91. The first-order valence-electron chi connectivity index (χ1n) is 8.32. The number of nitrogens with zero attached hydrogens (tertiary/aromatic N) is 2. The van der Waals surface area contributed by atoms with Crippen molar-refractivity contribution in [2.24, 2.45) is 0 Å². The van der Waals surface area contributed by atoms with E-state index in [1.807, 2.05) is 13.0 Å². The number of hydrogen-bond donors (Lipinski definition) is 0. The number of aryl methyl sites for hydroxylation is 1. The van der Waals surface area contributed by atoms with Crippen molar-refractivity contribution < 1.29 is 21.6 Å². The largest absolute Gasteiger partial charge is 0.495 e. The number of rotatable bonds is 4. The minimum Gasteiger partial charge on any atom is -0.495 e. The Morgan fingerprint density at radius 1 is 1.16 bits per heavy atom. The van der Waals surface area contributed by atoms with E-state index in [2.05, 4.69) is 4.90 Å². The Morgan fingerprint density at radius 2 is 1.84 bits per heavy atom. The lowest BCUT2D eigenvalue weighted by molar-refractivity contribution is 0.148. The first-order chi connectivity index (χ1) is 11.7. The van der Waals surface area contributed by atoms with Crippen molar-refractivity contribution in [1.29, 1.82) is 0 Å². The molecule has 0 bridgehead atoms. The summed E-state index contributed by atoms with van der Waals surface area (Å²) < 4.78 is 55.9. The van der Waals surface area contributed by atoms with Gasteiger partial charge in [0.2, 0.25) is 10.0 Å². The molecule has 0 aliphatic carbocycles. The average Bonchev–Trinajstić information content (AvgIpc) is 2.95. The molecule has 2 heterocycles. The lowest BCUT2D eigenvalue weighted by Gasteiger charge is -2.37. The van der Waals surface area contributed by atoms with Crippen molar-refractivity contribution in [2.45, 2.75) is 24.3 Å². The zero-order valence-electron chi connectivity index (χ0n) is 14.5. The van der Waals surface area contributed by atoms with Crippen LogP contribution in [-0.4, -0.2) is 76.9 Å². The number of ether oxygens (including phenoxy) is 1. The van der Waals surface area contributed by atoms with E-state index in [4.69, 9.17) is 4.74 Å². The Labute approximate surface area is 149 Å². The average molecular weight is 389 g/mol. The summed E-state index contributed by atoms with van der Waals surface area (Å²) in [6.07, 6.45) is 0.640. The molecule has 9 heteroatoms. The van der Waals surface area contributed by atoms with E-state index < -0.39 is 19.9 Å². The molecule has 0 N–H and O–H groups in total. The highest BCUT2D eigenvalue weighted by atomic mass is 32.2. The lowest BCUT2D eigenvalue weighted by Crippen LogP contribution is -2.52. The van der Waals surface area contributed by atoms with Gasteiger partial charge in [-0.3, -0.25) is 4.90 Å². The van der Waals surface area contributed by atoms with E-state index in [1.54, 1.807) is 12.1 Å². The first kappa shape index (κ1) is 18.6. The molecule has 2 fully saturated rings. The number of piperazine rings is 1. The SMILES string of the molecule is COc1ccc(C)cc1S(=O)(=O)N1CCN([C@@H]2CCS(=O)(=O)C2)CC1. The van der Waals surface area contributed by atoms with Gasteiger partial charge in [-0.15, -0.1) is 0 Å². The summed E-state index contributed by atoms with van der Waals surface area (Å²) in [5.74, 6) is 0.761. The van der Waals surface area contributed by atoms with E-state index in [-0.39, 0.29) is 22.4 Å². The van der Waals surface area contributed by atoms with Crippen LogP contribution in [-0.2, 0) is 19.9 Å². The molecule has 140 valence electrons. The number of methoxy groups -OCH3 is 1. The van der Waals surface area contributed by atoms with Crippen molar-refractivity contribution in [3.05, 3.63) is 23.8 Å². The second-order valence-corrected chi connectivity index (χ2v) is 10.8. The predicted octanol–water partition coefficient (Wildman–Crippen LogP) is 0.497. The molecule has 25 heavy (non-hydrogen) atoms. The van der Waals surface area contributed by atoms with Crippen LogP contribution < -0.4 is 4.74 Å². The minimum absolute atomic E-state index is 0.0170. The summed E-state index contributed by atoms with van der Waals surface area (Å²) in [5.41, 5.74) is 0.856. The fourth-order valence-electron chi connectivity index (χ4n) is 3.50. The monoisotopic (exact) mass is 388 g/mol. The molecule has 0 radical (unpaired) electrons. The van der Waals surface area contributed by atoms with E-state index in [0.29, 0.717) is 38.3 Å². The Balaban J connectivity index is 1.73. The first-order valence-corrected chi connectivity index (χ1v) is 11.6. The molecular formula is C16H24N2O5S2. The standard InChI is InChI=1S/C16H24N2O5S2/c1-13-3-4-15(23-2)16(11-13)25(21,22)18-8-6-17(7-9-18)14-5-10-24(19,20)12-14/h3-4,11,14H,5-10,12H2,1-2H3/t14-/m1/s1. The quantitative estimate of drug-likeness (QED) is 0.747. The molecule has 7 nitrogen and oxygen atoms in total. The van der Waals surface area contributed by atoms with Crippen molar-refractivity contribution in [3.63, 3.8) is 0 Å². The van der Waals surface area contributed by atoms with Gasteiger partial charge in [0.05, 0.1) is 18.6 Å². The van der Waals surface area contributed by atoms with Gasteiger partial charge in [0, 0.05) is 32.2 Å². The maximum absolute atomic E-state index is 13.0. The second kappa shape index (κ2) is 6.86. The zero-order chi connectivity index (χ0) is 18.2. The highest BCUT2D eigenvalue weighted by Gasteiger charge is 2.36. The molecular weight excluding hydrogens is 364 g/mol. The Bertz CT molecular complexity index is 843. The Kier molecular flexibility index (Phi) is 5.11. The molecule has 0 saturated carbocycles. The summed E-state index contributed by atoms with van der Waals surface area (Å²) in [6.45, 7) is 3.66. The predicted molar refractivity (Wildman–Crippen MR) is 95.1 cm³/mol. The molecule has 0 aromatic heterocycles. The van der Waals surface area contributed by atoms with Gasteiger partial charge >= 0.3 is 0 Å². The fourth-order valence-corrected chi connectivity index (χ4v) is 6.92. The van der Waals surface area contributed by atoms with Crippen LogP contribution in [0, 0.1) is 6.92 Å². The van der Waals surface area contributed by atoms with Crippen molar-refractivity contribution in [1.82, 2.24) is 9.21 Å². The summed E-state index contributed by atoms with van der Waals surface area (Å²) in [7, 11) is -5.11. The maximum atomic E-state index is 13.0. The molecule has 2 saturated heterocycles. The maximum Gasteiger partial charge on any atom is 0.246 e. The Hall–Kier alpha value is -1.16. The molecule has 0 spiro atoms. The second-order valence-electron chi connectivity index (χ2n) is 6.65. The fraction of sp³-hybridized carbons (Fsp3) is 0.625. The molecule has 1 aromatic carbocycles. The molecule has 0 unspecified atom stereocenters. The Morgan fingerprint density at radius 3 is 2.40 bits per heavy atom. The molecule has 2 aliphatic heterocycles. The number of benzene rings is 1. The summed E-state index contributed by atoms with van der Waals surface area (Å²) in [6, 6.07) is 5.13. The normalized spacial score (nSPS) is 25.1. The summed E-state index contributed by atoms with van der Waals surface area (Å²) in [4.78, 5) is 2.29. The molecule has 1 aromatic rings. The third-order valence-corrected chi connectivity index (χ3v) is 8.61. The van der Waals surface area contributed by atoms with Crippen LogP contribution in [0.25, 0.3) is 0 Å². The van der Waals surface area contributed by atoms with Crippen molar-refractivity contribution >= 4 is 19.9 Å². The summed E-state index contributed by atoms with van der Waals surface area (Å²) in [5, 5.41) is 0. The van der Waals surface area contributed by atoms with Crippen LogP contribution in [0.4, 0.5) is 0 Å². The van der Waals surface area contributed by atoms with Gasteiger partial charge < -0.3 is 4.74 Å². The van der Waals surface area contributed by atoms with Crippen LogP contribution in [0.2, 0.25) is 0 Å². The van der Waals surface area contributed by atoms with Crippen LogP contribution in [0.1, 0.15) is 12.0 Å². The van der Waals surface area contributed by atoms with Gasteiger partial charge in [0.15, 0.2) is 9.84 Å². The van der Waals surface area contributed by atoms with Crippen LogP contribution >= 0.6 is 0 Å². The number of sulfonamides is 1. The van der Waals surface area contributed by atoms with E-state index in [9.17, 15) is 16.8 Å². The van der Waals surface area contributed by atoms with Gasteiger partial charge in [0.1, 0.15) is 10.6 Å². The van der Waals surface area contributed by atoms with Gasteiger partial charge in [0.25, 0.3) is 0 Å². The van der Waals surface area contributed by atoms with E-state index in [1.165, 1.54) is 11.4 Å². The highest BCUT2D eigenvalue weighted by Crippen LogP contribution is 2.29. The lowest BCUT2D eigenvalue weighted by atomic mass is 10.2. The van der Waals surface area contributed by atoms with Crippen LogP contribution in [0.3, 0.4) is 0 Å². The van der Waals surface area contributed by atoms with Gasteiger partial charge in [-0.25, -0.2) is 16.8 Å². The number of hydrogen-bond acceptors (Lipinski definition) is 6. The molecule has 1 atom stereocenters. The topological polar surface area (TPSA) is 84.0 Å². The van der Waals surface area contributed by atoms with Gasteiger partial charge in [-0.1, -0.05) is 6.07 Å². The van der Waals surface area contributed by atoms with Crippen molar-refractivity contribution in [2.75, 3.05) is 44.8 Å². The van der Waals surface area contributed by atoms with Gasteiger partial charge in [-0.2, -0.15) is 4.31 Å². The van der Waals surface area contributed by atoms with Crippen LogP contribution in [0.5, 0.6) is 5.75 Å². The third-order valence-electron chi connectivity index (χ3n) is 4.93.